The summed E-state index contributed by atoms with van der Waals surface area (Å²) >= 11 is 0. The van der Waals surface area contributed by atoms with Gasteiger partial charge in [-0.05, 0) is 30.5 Å². The Kier molecular flexibility index (Phi) is 5.26. The molecule has 1 aliphatic rings. The third-order valence-electron chi connectivity index (χ3n) is 4.32. The second kappa shape index (κ2) is 7.26. The molecule has 0 spiro atoms. The quantitative estimate of drug-likeness (QED) is 0.411. The first-order chi connectivity index (χ1) is 13.5. The zero-order valence-electron chi connectivity index (χ0n) is 14.3. The first kappa shape index (κ1) is 21.0. The molecule has 0 amide bonds. The molecule has 0 aliphatic heterocycles. The summed E-state index contributed by atoms with van der Waals surface area (Å²) in [5, 5.41) is 18.6. The Morgan fingerprint density at radius 1 is 1.00 bits per heavy atom. The van der Waals surface area contributed by atoms with Gasteiger partial charge in [0.2, 0.25) is 15.8 Å². The number of phenols is 1. The van der Waals surface area contributed by atoms with E-state index in [-0.39, 0.29) is 18.4 Å². The van der Waals surface area contributed by atoms with Crippen molar-refractivity contribution in [1.29, 1.82) is 0 Å². The average Bonchev–Trinajstić information content (AvgIpc) is 3.48. The van der Waals surface area contributed by atoms with Crippen molar-refractivity contribution < 1.29 is 45.4 Å². The fraction of sp³-hybridized carbons (Fsp3) is 0.235. The van der Waals surface area contributed by atoms with Crippen LogP contribution in [-0.2, 0) is 16.6 Å². The Morgan fingerprint density at radius 2 is 1.52 bits per heavy atom. The van der Waals surface area contributed by atoms with Crippen molar-refractivity contribution in [3.8, 4) is 5.75 Å². The molecule has 2 aromatic rings. The standard InChI is InChI=1S/C17H12F5NO5S/c18-11-12(19)14(21)16(15(22)13(11)20)29(27,28)23(8-2-3-8)6-7-1-4-10(24)9(5-7)17(25)26/h1,4-5,8,24H,2-3,6H2,(H,25,26). The molecule has 2 aromatic carbocycles. The lowest BCUT2D eigenvalue weighted by molar-refractivity contribution is 0.0693. The fourth-order valence-electron chi connectivity index (χ4n) is 2.73. The minimum absolute atomic E-state index is 0.0274. The van der Waals surface area contributed by atoms with Crippen LogP contribution in [0.1, 0.15) is 28.8 Å². The summed E-state index contributed by atoms with van der Waals surface area (Å²) in [7, 11) is -5.18. The molecule has 0 unspecified atom stereocenters. The number of carboxylic acids is 1. The van der Waals surface area contributed by atoms with Gasteiger partial charge in [0.05, 0.1) is 0 Å². The summed E-state index contributed by atoms with van der Waals surface area (Å²) in [4.78, 5) is 9.14. The molecule has 0 aromatic heterocycles. The van der Waals surface area contributed by atoms with Crippen LogP contribution in [0.15, 0.2) is 23.1 Å². The Morgan fingerprint density at radius 3 is 2.00 bits per heavy atom. The molecule has 6 nitrogen and oxygen atoms in total. The summed E-state index contributed by atoms with van der Waals surface area (Å²) in [5.74, 6) is -14.3. The van der Waals surface area contributed by atoms with Gasteiger partial charge in [0.1, 0.15) is 11.3 Å². The van der Waals surface area contributed by atoms with Crippen LogP contribution in [0, 0.1) is 29.1 Å². The van der Waals surface area contributed by atoms with Gasteiger partial charge >= 0.3 is 5.97 Å². The second-order valence-corrected chi connectivity index (χ2v) is 8.16. The fourth-order valence-corrected chi connectivity index (χ4v) is 4.52. The summed E-state index contributed by atoms with van der Waals surface area (Å²) in [6, 6.07) is 2.33. The van der Waals surface area contributed by atoms with Gasteiger partial charge in [0.15, 0.2) is 28.2 Å². The summed E-state index contributed by atoms with van der Waals surface area (Å²) in [5.41, 5.74) is -0.522. The lowest BCUT2D eigenvalue weighted by atomic mass is 10.1. The molecule has 1 fully saturated rings. The van der Waals surface area contributed by atoms with E-state index in [2.05, 4.69) is 0 Å². The van der Waals surface area contributed by atoms with Crippen LogP contribution in [0.2, 0.25) is 0 Å². The topological polar surface area (TPSA) is 94.9 Å². The summed E-state index contributed by atoms with van der Waals surface area (Å²) in [6.45, 7) is -0.604. The molecule has 156 valence electrons. The molecule has 0 saturated heterocycles. The Labute approximate surface area is 160 Å². The van der Waals surface area contributed by atoms with Gasteiger partial charge in [0, 0.05) is 12.6 Å². The van der Waals surface area contributed by atoms with Gasteiger partial charge in [0.25, 0.3) is 0 Å². The smallest absolute Gasteiger partial charge is 0.339 e. The van der Waals surface area contributed by atoms with Crippen LogP contribution in [0.25, 0.3) is 0 Å². The Bertz CT molecular complexity index is 1090. The number of aromatic carboxylic acids is 1. The number of carboxylic acid groups (broad SMARTS) is 1. The number of carbonyl (C=O) groups is 1. The van der Waals surface area contributed by atoms with E-state index in [0.717, 1.165) is 12.1 Å². The molecule has 0 bridgehead atoms. The zero-order chi connectivity index (χ0) is 21.7. The van der Waals surface area contributed by atoms with E-state index in [0.29, 0.717) is 4.31 Å². The number of hydrogen-bond acceptors (Lipinski definition) is 4. The predicted octanol–water partition coefficient (Wildman–Crippen LogP) is 3.14. The summed E-state index contributed by atoms with van der Waals surface area (Å²) in [6.07, 6.45) is 0.553. The minimum atomic E-state index is -5.18. The second-order valence-electron chi connectivity index (χ2n) is 6.34. The minimum Gasteiger partial charge on any atom is -0.507 e. The molecule has 29 heavy (non-hydrogen) atoms. The highest BCUT2D eigenvalue weighted by Crippen LogP contribution is 2.37. The molecule has 1 saturated carbocycles. The van der Waals surface area contributed by atoms with E-state index >= 15 is 0 Å². The molecular formula is C17H12F5NO5S. The highest BCUT2D eigenvalue weighted by molar-refractivity contribution is 7.89. The van der Waals surface area contributed by atoms with Gasteiger partial charge in [-0.3, -0.25) is 0 Å². The summed E-state index contributed by atoms with van der Waals surface area (Å²) < 4.78 is 94.5. The number of halogens is 5. The Balaban J connectivity index is 2.10. The molecule has 2 N–H and O–H groups in total. The molecule has 1 aliphatic carbocycles. The maximum atomic E-state index is 14.1. The van der Waals surface area contributed by atoms with Crippen molar-refractivity contribution in [2.75, 3.05) is 0 Å². The van der Waals surface area contributed by atoms with Crippen molar-refractivity contribution in [2.45, 2.75) is 30.3 Å². The van der Waals surface area contributed by atoms with Crippen molar-refractivity contribution >= 4 is 16.0 Å². The molecule has 3 rings (SSSR count). The van der Waals surface area contributed by atoms with Crippen LogP contribution in [0.4, 0.5) is 22.0 Å². The van der Waals surface area contributed by atoms with Crippen molar-refractivity contribution in [2.24, 2.45) is 0 Å². The van der Waals surface area contributed by atoms with E-state index in [9.17, 15) is 40.3 Å². The van der Waals surface area contributed by atoms with E-state index < -0.39 is 73.9 Å². The third kappa shape index (κ3) is 3.65. The van der Waals surface area contributed by atoms with Crippen molar-refractivity contribution in [3.63, 3.8) is 0 Å². The van der Waals surface area contributed by atoms with Crippen molar-refractivity contribution in [1.82, 2.24) is 4.31 Å². The molecule has 0 heterocycles. The van der Waals surface area contributed by atoms with Crippen LogP contribution in [-0.4, -0.2) is 34.9 Å². The lowest BCUT2D eigenvalue weighted by Gasteiger charge is -2.23. The average molecular weight is 437 g/mol. The largest absolute Gasteiger partial charge is 0.507 e. The van der Waals surface area contributed by atoms with Crippen LogP contribution in [0.3, 0.4) is 0 Å². The van der Waals surface area contributed by atoms with Gasteiger partial charge < -0.3 is 10.2 Å². The predicted molar refractivity (Wildman–Crippen MR) is 87.0 cm³/mol. The normalized spacial score (nSPS) is 14.4. The lowest BCUT2D eigenvalue weighted by Crippen LogP contribution is -2.34. The molecule has 12 heteroatoms. The number of rotatable bonds is 6. The van der Waals surface area contributed by atoms with Crippen molar-refractivity contribution in [3.05, 3.63) is 58.4 Å². The van der Waals surface area contributed by atoms with E-state index in [1.165, 1.54) is 6.07 Å². The number of nitrogens with zero attached hydrogens (tertiary/aromatic N) is 1. The first-order valence-electron chi connectivity index (χ1n) is 8.05. The van der Waals surface area contributed by atoms with E-state index in [1.54, 1.807) is 0 Å². The zero-order valence-corrected chi connectivity index (χ0v) is 15.1. The maximum Gasteiger partial charge on any atom is 0.339 e. The number of aromatic hydroxyl groups is 1. The van der Waals surface area contributed by atoms with E-state index in [1.807, 2.05) is 0 Å². The SMILES string of the molecule is O=C(O)c1cc(CN(C2CC2)S(=O)(=O)c2c(F)c(F)c(F)c(F)c2F)ccc1O. The highest BCUT2D eigenvalue weighted by Gasteiger charge is 2.43. The van der Waals surface area contributed by atoms with Gasteiger partial charge in [-0.2, -0.15) is 4.31 Å². The maximum absolute atomic E-state index is 14.1. The van der Waals surface area contributed by atoms with Gasteiger partial charge in [-0.1, -0.05) is 6.07 Å². The molecular weight excluding hydrogens is 425 g/mol. The Hall–Kier alpha value is -2.73. The monoisotopic (exact) mass is 437 g/mol. The molecule has 0 atom stereocenters. The highest BCUT2D eigenvalue weighted by atomic mass is 32.2. The van der Waals surface area contributed by atoms with Crippen LogP contribution >= 0.6 is 0 Å². The van der Waals surface area contributed by atoms with Gasteiger partial charge in [-0.25, -0.2) is 35.2 Å². The molecule has 0 radical (unpaired) electrons. The number of sulfonamides is 1. The van der Waals surface area contributed by atoms with E-state index in [4.69, 9.17) is 5.11 Å². The van der Waals surface area contributed by atoms with Gasteiger partial charge in [-0.15, -0.1) is 0 Å². The number of benzene rings is 2. The number of hydrogen-bond donors (Lipinski definition) is 2. The first-order valence-corrected chi connectivity index (χ1v) is 9.49. The van der Waals surface area contributed by atoms with Crippen LogP contribution < -0.4 is 0 Å². The van der Waals surface area contributed by atoms with Crippen LogP contribution in [0.5, 0.6) is 5.75 Å². The third-order valence-corrected chi connectivity index (χ3v) is 6.24.